The van der Waals surface area contributed by atoms with E-state index in [2.05, 4.69) is 5.32 Å². The molecule has 1 atom stereocenters. The van der Waals surface area contributed by atoms with Crippen LogP contribution >= 0.6 is 0 Å². The highest BCUT2D eigenvalue weighted by Crippen LogP contribution is 2.29. The van der Waals surface area contributed by atoms with E-state index in [1.54, 1.807) is 42.5 Å². The minimum Gasteiger partial charge on any atom is -0.378 e. The molecule has 0 aliphatic carbocycles. The predicted molar refractivity (Wildman–Crippen MR) is 95.8 cm³/mol. The number of carbonyl (C=O) groups is 1. The fourth-order valence-electron chi connectivity index (χ4n) is 2.40. The Bertz CT molecular complexity index is 785. The average Bonchev–Trinajstić information content (AvgIpc) is 2.56. The van der Waals surface area contributed by atoms with E-state index in [-0.39, 0.29) is 17.3 Å². The number of amides is 1. The fourth-order valence-corrected chi connectivity index (χ4v) is 4.09. The van der Waals surface area contributed by atoms with Gasteiger partial charge in [-0.2, -0.15) is 0 Å². The van der Waals surface area contributed by atoms with Crippen molar-refractivity contribution < 1.29 is 13.2 Å². The van der Waals surface area contributed by atoms with Gasteiger partial charge in [-0.15, -0.1) is 0 Å². The Morgan fingerprint density at radius 2 is 1.62 bits per heavy atom. The summed E-state index contributed by atoms with van der Waals surface area (Å²) in [5.74, 6) is -0.256. The van der Waals surface area contributed by atoms with E-state index >= 15 is 0 Å². The normalized spacial score (nSPS) is 12.5. The molecule has 0 unspecified atom stereocenters. The van der Waals surface area contributed by atoms with Gasteiger partial charge >= 0.3 is 0 Å². The van der Waals surface area contributed by atoms with Crippen LogP contribution in [0.15, 0.2) is 59.5 Å². The van der Waals surface area contributed by atoms with Gasteiger partial charge in [0.2, 0.25) is 5.91 Å². The van der Waals surface area contributed by atoms with Gasteiger partial charge in [-0.1, -0.05) is 30.3 Å². The number of hydrogen-bond acceptors (Lipinski definition) is 4. The first-order valence-corrected chi connectivity index (χ1v) is 9.17. The molecule has 5 nitrogen and oxygen atoms in total. The van der Waals surface area contributed by atoms with Crippen LogP contribution in [0.1, 0.15) is 17.7 Å². The molecular weight excluding hydrogens is 324 g/mol. The van der Waals surface area contributed by atoms with Crippen molar-refractivity contribution in [2.75, 3.05) is 25.5 Å². The van der Waals surface area contributed by atoms with Crippen molar-refractivity contribution in [1.82, 2.24) is 5.32 Å². The Morgan fingerprint density at radius 3 is 2.12 bits per heavy atom. The van der Waals surface area contributed by atoms with Crippen molar-refractivity contribution in [3.05, 3.63) is 60.2 Å². The second-order valence-electron chi connectivity index (χ2n) is 5.77. The van der Waals surface area contributed by atoms with Crippen molar-refractivity contribution in [2.45, 2.75) is 17.1 Å². The molecule has 1 N–H and O–H groups in total. The second-order valence-corrected chi connectivity index (χ2v) is 7.90. The third-order valence-corrected chi connectivity index (χ3v) is 5.88. The molecule has 0 saturated heterocycles. The largest absolute Gasteiger partial charge is 0.378 e. The molecule has 0 fully saturated rings. The molecule has 6 heteroatoms. The zero-order chi connectivity index (χ0) is 17.7. The van der Waals surface area contributed by atoms with Gasteiger partial charge < -0.3 is 10.2 Å². The van der Waals surface area contributed by atoms with Crippen molar-refractivity contribution in [2.24, 2.45) is 0 Å². The Balaban J connectivity index is 2.42. The van der Waals surface area contributed by atoms with Crippen LogP contribution < -0.4 is 10.2 Å². The highest BCUT2D eigenvalue weighted by atomic mass is 32.2. The molecule has 0 bridgehead atoms. The standard InChI is InChI=1S/C18H22N2O3S/c1-14(21)19-13-18(15-9-11-16(12-10-15)20(2)3)24(22,23)17-7-5-4-6-8-17/h4-12,18H,13H2,1-3H3,(H,19,21)/t18-/m0/s1. The van der Waals surface area contributed by atoms with Crippen LogP contribution in [-0.2, 0) is 14.6 Å². The maximum Gasteiger partial charge on any atom is 0.216 e. The third kappa shape index (κ3) is 4.14. The van der Waals surface area contributed by atoms with Gasteiger partial charge in [-0.25, -0.2) is 8.42 Å². The summed E-state index contributed by atoms with van der Waals surface area (Å²) < 4.78 is 26.0. The lowest BCUT2D eigenvalue weighted by Gasteiger charge is -2.20. The average molecular weight is 346 g/mol. The van der Waals surface area contributed by atoms with Crippen molar-refractivity contribution in [3.8, 4) is 0 Å². The molecule has 128 valence electrons. The molecule has 0 heterocycles. The monoisotopic (exact) mass is 346 g/mol. The van der Waals surface area contributed by atoms with E-state index in [1.807, 2.05) is 31.1 Å². The highest BCUT2D eigenvalue weighted by Gasteiger charge is 2.29. The Hall–Kier alpha value is -2.34. The third-order valence-electron chi connectivity index (χ3n) is 3.76. The molecule has 2 aromatic carbocycles. The Kier molecular flexibility index (Phi) is 5.62. The summed E-state index contributed by atoms with van der Waals surface area (Å²) in [4.78, 5) is 13.5. The molecule has 2 rings (SSSR count). The van der Waals surface area contributed by atoms with Crippen LogP contribution in [0.5, 0.6) is 0 Å². The van der Waals surface area contributed by atoms with Crippen LogP contribution in [0.25, 0.3) is 0 Å². The lowest BCUT2D eigenvalue weighted by atomic mass is 10.1. The number of rotatable bonds is 6. The van der Waals surface area contributed by atoms with Crippen molar-refractivity contribution in [1.29, 1.82) is 0 Å². The number of sulfone groups is 1. The van der Waals surface area contributed by atoms with Gasteiger partial charge in [0.15, 0.2) is 9.84 Å². The topological polar surface area (TPSA) is 66.5 Å². The number of anilines is 1. The predicted octanol–water partition coefficient (Wildman–Crippen LogP) is 2.40. The van der Waals surface area contributed by atoms with E-state index in [0.717, 1.165) is 5.69 Å². The molecule has 0 radical (unpaired) electrons. The minimum atomic E-state index is -3.61. The summed E-state index contributed by atoms with van der Waals surface area (Å²) in [7, 11) is 0.231. The molecule has 0 aliphatic heterocycles. The Morgan fingerprint density at radius 1 is 1.04 bits per heavy atom. The van der Waals surface area contributed by atoms with E-state index in [9.17, 15) is 13.2 Å². The molecule has 0 spiro atoms. The van der Waals surface area contributed by atoms with Gasteiger partial charge in [0.05, 0.1) is 4.90 Å². The SMILES string of the molecule is CC(=O)NC[C@@H](c1ccc(N(C)C)cc1)S(=O)(=O)c1ccccc1. The first kappa shape index (κ1) is 18.0. The quantitative estimate of drug-likeness (QED) is 0.872. The molecule has 24 heavy (non-hydrogen) atoms. The van der Waals surface area contributed by atoms with Crippen molar-refractivity contribution in [3.63, 3.8) is 0 Å². The van der Waals surface area contributed by atoms with Gasteiger partial charge in [-0.3, -0.25) is 4.79 Å². The summed E-state index contributed by atoms with van der Waals surface area (Å²) in [5, 5.41) is 1.80. The molecule has 0 aliphatic rings. The van der Waals surface area contributed by atoms with E-state index in [0.29, 0.717) is 5.56 Å². The zero-order valence-electron chi connectivity index (χ0n) is 14.1. The molecule has 2 aromatic rings. The number of benzene rings is 2. The summed E-state index contributed by atoms with van der Waals surface area (Å²) >= 11 is 0. The fraction of sp³-hybridized carbons (Fsp3) is 0.278. The summed E-state index contributed by atoms with van der Waals surface area (Å²) in [5.41, 5.74) is 1.63. The molecular formula is C18H22N2O3S. The zero-order valence-corrected chi connectivity index (χ0v) is 14.9. The maximum atomic E-state index is 13.0. The lowest BCUT2D eigenvalue weighted by molar-refractivity contribution is -0.118. The van der Waals surface area contributed by atoms with E-state index in [1.165, 1.54) is 6.92 Å². The second kappa shape index (κ2) is 7.49. The van der Waals surface area contributed by atoms with E-state index < -0.39 is 15.1 Å². The van der Waals surface area contributed by atoms with Crippen LogP contribution in [0.3, 0.4) is 0 Å². The van der Waals surface area contributed by atoms with E-state index in [4.69, 9.17) is 0 Å². The van der Waals surface area contributed by atoms with Gasteiger partial charge in [0.1, 0.15) is 5.25 Å². The molecule has 1 amide bonds. The summed E-state index contributed by atoms with van der Waals surface area (Å²) in [6, 6.07) is 15.6. The van der Waals surface area contributed by atoms with Crippen LogP contribution in [0, 0.1) is 0 Å². The number of carbonyl (C=O) groups excluding carboxylic acids is 1. The smallest absolute Gasteiger partial charge is 0.216 e. The van der Waals surface area contributed by atoms with Crippen LogP contribution in [-0.4, -0.2) is 35.0 Å². The lowest BCUT2D eigenvalue weighted by Crippen LogP contribution is -2.30. The number of hydrogen-bond donors (Lipinski definition) is 1. The first-order valence-electron chi connectivity index (χ1n) is 7.63. The van der Waals surface area contributed by atoms with Crippen LogP contribution in [0.2, 0.25) is 0 Å². The first-order chi connectivity index (χ1) is 11.3. The highest BCUT2D eigenvalue weighted by molar-refractivity contribution is 7.91. The number of nitrogens with one attached hydrogen (secondary N) is 1. The minimum absolute atomic E-state index is 0.0356. The van der Waals surface area contributed by atoms with Gasteiger partial charge in [0.25, 0.3) is 0 Å². The molecule has 0 aromatic heterocycles. The molecule has 0 saturated carbocycles. The summed E-state index contributed by atoms with van der Waals surface area (Å²) in [6.45, 7) is 1.41. The van der Waals surface area contributed by atoms with Gasteiger partial charge in [-0.05, 0) is 29.8 Å². The summed E-state index contributed by atoms with van der Waals surface area (Å²) in [6.07, 6.45) is 0. The number of nitrogens with zero attached hydrogens (tertiary/aromatic N) is 1. The maximum absolute atomic E-state index is 13.0. The van der Waals surface area contributed by atoms with Crippen LogP contribution in [0.4, 0.5) is 5.69 Å². The van der Waals surface area contributed by atoms with Crippen molar-refractivity contribution >= 4 is 21.4 Å². The van der Waals surface area contributed by atoms with Gasteiger partial charge in [0, 0.05) is 33.3 Å². The Labute approximate surface area is 143 Å².